The van der Waals surface area contributed by atoms with Crippen molar-refractivity contribution in [2.75, 3.05) is 7.11 Å². The van der Waals surface area contributed by atoms with Gasteiger partial charge in [0.15, 0.2) is 0 Å². The quantitative estimate of drug-likeness (QED) is 0.826. The van der Waals surface area contributed by atoms with E-state index in [9.17, 15) is 4.79 Å². The van der Waals surface area contributed by atoms with E-state index >= 15 is 0 Å². The van der Waals surface area contributed by atoms with Crippen LogP contribution in [0.5, 0.6) is 11.5 Å². The number of aliphatic carboxylic acids is 1. The Bertz CT molecular complexity index is 638. The first-order valence-corrected chi connectivity index (χ1v) is 6.31. The highest BCUT2D eigenvalue weighted by Gasteiger charge is 2.05. The summed E-state index contributed by atoms with van der Waals surface area (Å²) in [7, 11) is 1.55. The fourth-order valence-electron chi connectivity index (χ4n) is 1.71. The maximum Gasteiger partial charge on any atom is 0.328 e. The third-order valence-corrected chi connectivity index (χ3v) is 2.72. The number of hydrogen-bond donors (Lipinski definition) is 1. The molecule has 108 valence electrons. The second-order valence-corrected chi connectivity index (χ2v) is 4.19. The Morgan fingerprint density at radius 1 is 1.33 bits per heavy atom. The molecule has 0 aliphatic heterocycles. The summed E-state index contributed by atoms with van der Waals surface area (Å²) in [6.45, 7) is 0.307. The topological polar surface area (TPSA) is 68.7 Å². The van der Waals surface area contributed by atoms with Crippen molar-refractivity contribution >= 4 is 12.0 Å². The number of methoxy groups -OCH3 is 1. The Balaban J connectivity index is 2.19. The summed E-state index contributed by atoms with van der Waals surface area (Å²) in [5.74, 6) is 0.178. The van der Waals surface area contributed by atoms with Crippen molar-refractivity contribution in [1.82, 2.24) is 4.98 Å². The normalized spacial score (nSPS) is 10.5. The van der Waals surface area contributed by atoms with Gasteiger partial charge in [-0.15, -0.1) is 0 Å². The van der Waals surface area contributed by atoms with Gasteiger partial charge in [0.1, 0.15) is 18.1 Å². The van der Waals surface area contributed by atoms with Crippen LogP contribution in [0.15, 0.2) is 48.7 Å². The van der Waals surface area contributed by atoms with Gasteiger partial charge < -0.3 is 14.6 Å². The van der Waals surface area contributed by atoms with Gasteiger partial charge in [0, 0.05) is 17.8 Å². The zero-order chi connectivity index (χ0) is 15.1. The second kappa shape index (κ2) is 7.09. The molecule has 0 saturated heterocycles. The Kier molecular flexibility index (Phi) is 4.93. The lowest BCUT2D eigenvalue weighted by atomic mass is 10.1. The molecule has 0 radical (unpaired) electrons. The zero-order valence-electron chi connectivity index (χ0n) is 11.5. The lowest BCUT2D eigenvalue weighted by Gasteiger charge is -2.10. The molecular formula is C16H15NO4. The molecular weight excluding hydrogens is 270 g/mol. The van der Waals surface area contributed by atoms with E-state index in [1.54, 1.807) is 31.5 Å². The number of aromatic nitrogens is 1. The Labute approximate surface area is 122 Å². The minimum atomic E-state index is -1.02. The molecule has 5 nitrogen and oxygen atoms in total. The average molecular weight is 285 g/mol. The number of nitrogens with zero attached hydrogens (tertiary/aromatic N) is 1. The van der Waals surface area contributed by atoms with E-state index in [0.717, 1.165) is 11.8 Å². The molecule has 21 heavy (non-hydrogen) atoms. The lowest BCUT2D eigenvalue weighted by Crippen LogP contribution is -1.99. The third-order valence-electron chi connectivity index (χ3n) is 2.72. The maximum atomic E-state index is 10.6. The van der Waals surface area contributed by atoms with Crippen LogP contribution in [0.25, 0.3) is 6.08 Å². The smallest absolute Gasteiger partial charge is 0.328 e. The van der Waals surface area contributed by atoms with Crippen molar-refractivity contribution in [3.63, 3.8) is 0 Å². The summed E-state index contributed by atoms with van der Waals surface area (Å²) >= 11 is 0. The SMILES string of the molecule is COc1ccc(OCc2ccccn2)c(/C=C\C(=O)O)c1. The predicted octanol–water partition coefficient (Wildman–Crippen LogP) is 2.77. The highest BCUT2D eigenvalue weighted by Crippen LogP contribution is 2.26. The van der Waals surface area contributed by atoms with E-state index in [0.29, 0.717) is 23.7 Å². The van der Waals surface area contributed by atoms with E-state index in [-0.39, 0.29) is 0 Å². The molecule has 0 unspecified atom stereocenters. The van der Waals surface area contributed by atoms with Gasteiger partial charge in [0.2, 0.25) is 0 Å². The van der Waals surface area contributed by atoms with Crippen molar-refractivity contribution < 1.29 is 19.4 Å². The zero-order valence-corrected chi connectivity index (χ0v) is 11.5. The highest BCUT2D eigenvalue weighted by molar-refractivity contribution is 5.86. The van der Waals surface area contributed by atoms with Crippen LogP contribution < -0.4 is 9.47 Å². The number of benzene rings is 1. The molecule has 0 fully saturated rings. The minimum Gasteiger partial charge on any atom is -0.497 e. The third kappa shape index (κ3) is 4.35. The van der Waals surface area contributed by atoms with Gasteiger partial charge in [-0.2, -0.15) is 0 Å². The molecule has 1 aromatic carbocycles. The van der Waals surface area contributed by atoms with Crippen molar-refractivity contribution in [2.24, 2.45) is 0 Å². The van der Waals surface area contributed by atoms with Crippen LogP contribution >= 0.6 is 0 Å². The second-order valence-electron chi connectivity index (χ2n) is 4.19. The summed E-state index contributed by atoms with van der Waals surface area (Å²) in [5, 5.41) is 8.73. The van der Waals surface area contributed by atoms with Crippen LogP contribution in [0.1, 0.15) is 11.3 Å². The number of rotatable bonds is 6. The molecule has 5 heteroatoms. The number of ether oxygens (including phenoxy) is 2. The number of carbonyl (C=O) groups is 1. The van der Waals surface area contributed by atoms with Gasteiger partial charge >= 0.3 is 5.97 Å². The van der Waals surface area contributed by atoms with Crippen molar-refractivity contribution in [3.05, 3.63) is 59.9 Å². The Morgan fingerprint density at radius 2 is 2.19 bits per heavy atom. The van der Waals surface area contributed by atoms with Gasteiger partial charge in [0.05, 0.1) is 12.8 Å². The van der Waals surface area contributed by atoms with Crippen LogP contribution in [0.2, 0.25) is 0 Å². The molecule has 2 aromatic rings. The van der Waals surface area contributed by atoms with Gasteiger partial charge in [0.25, 0.3) is 0 Å². The van der Waals surface area contributed by atoms with Crippen molar-refractivity contribution in [2.45, 2.75) is 6.61 Å². The van der Waals surface area contributed by atoms with E-state index in [2.05, 4.69) is 4.98 Å². The van der Waals surface area contributed by atoms with Gasteiger partial charge in [-0.3, -0.25) is 4.98 Å². The first kappa shape index (κ1) is 14.6. The summed E-state index contributed by atoms with van der Waals surface area (Å²) < 4.78 is 10.8. The Hall–Kier alpha value is -2.82. The fraction of sp³-hybridized carbons (Fsp3) is 0.125. The van der Waals surface area contributed by atoms with Crippen molar-refractivity contribution in [3.8, 4) is 11.5 Å². The number of pyridine rings is 1. The molecule has 0 aliphatic rings. The predicted molar refractivity (Wildman–Crippen MR) is 78.2 cm³/mol. The monoisotopic (exact) mass is 285 g/mol. The minimum absolute atomic E-state index is 0.307. The van der Waals surface area contributed by atoms with E-state index < -0.39 is 5.97 Å². The molecule has 0 atom stereocenters. The maximum absolute atomic E-state index is 10.6. The standard InChI is InChI=1S/C16H15NO4/c1-20-14-6-7-15(12(10-14)5-8-16(18)19)21-11-13-4-2-3-9-17-13/h2-10H,11H2,1H3,(H,18,19)/b8-5-. The molecule has 0 aliphatic carbocycles. The number of hydrogen-bond acceptors (Lipinski definition) is 4. The first-order chi connectivity index (χ1) is 10.2. The molecule has 0 bridgehead atoms. The summed E-state index contributed by atoms with van der Waals surface area (Å²) in [6.07, 6.45) is 4.22. The molecule has 1 aromatic heterocycles. The number of carboxylic acids is 1. The van der Waals surface area contributed by atoms with Crippen LogP contribution in [0, 0.1) is 0 Å². The molecule has 1 N–H and O–H groups in total. The van der Waals surface area contributed by atoms with Crippen LogP contribution in [0.4, 0.5) is 0 Å². The van der Waals surface area contributed by atoms with Crippen LogP contribution in [-0.4, -0.2) is 23.2 Å². The van der Waals surface area contributed by atoms with E-state index in [1.807, 2.05) is 18.2 Å². The van der Waals surface area contributed by atoms with E-state index in [1.165, 1.54) is 6.08 Å². The molecule has 1 heterocycles. The summed E-state index contributed by atoms with van der Waals surface area (Å²) in [5.41, 5.74) is 1.43. The van der Waals surface area contributed by atoms with Gasteiger partial charge in [-0.05, 0) is 36.4 Å². The molecule has 0 amide bonds. The molecule has 0 saturated carbocycles. The van der Waals surface area contributed by atoms with Crippen LogP contribution in [0.3, 0.4) is 0 Å². The lowest BCUT2D eigenvalue weighted by molar-refractivity contribution is -0.131. The molecule has 2 rings (SSSR count). The summed E-state index contributed by atoms with van der Waals surface area (Å²) in [4.78, 5) is 14.8. The Morgan fingerprint density at radius 3 is 2.86 bits per heavy atom. The van der Waals surface area contributed by atoms with Crippen LogP contribution in [-0.2, 0) is 11.4 Å². The number of carboxylic acid groups (broad SMARTS) is 1. The van der Waals surface area contributed by atoms with E-state index in [4.69, 9.17) is 14.6 Å². The summed E-state index contributed by atoms with van der Waals surface area (Å²) in [6, 6.07) is 10.8. The van der Waals surface area contributed by atoms with Gasteiger partial charge in [-0.1, -0.05) is 6.07 Å². The average Bonchev–Trinajstić information content (AvgIpc) is 2.52. The van der Waals surface area contributed by atoms with Crippen molar-refractivity contribution in [1.29, 1.82) is 0 Å². The van der Waals surface area contributed by atoms with Gasteiger partial charge in [-0.25, -0.2) is 4.79 Å². The highest BCUT2D eigenvalue weighted by atomic mass is 16.5. The fourth-order valence-corrected chi connectivity index (χ4v) is 1.71. The molecule has 0 spiro atoms. The largest absolute Gasteiger partial charge is 0.497 e. The first-order valence-electron chi connectivity index (χ1n) is 6.31.